The summed E-state index contributed by atoms with van der Waals surface area (Å²) in [7, 11) is 0. The molecule has 0 atom stereocenters. The largest absolute Gasteiger partial charge is 0.356 e. The van der Waals surface area contributed by atoms with Crippen LogP contribution in [0.2, 0.25) is 0 Å². The molecule has 0 aromatic rings. The van der Waals surface area contributed by atoms with E-state index in [2.05, 4.69) is 5.32 Å². The monoisotopic (exact) mass is 203 g/mol. The molecule has 0 saturated heterocycles. The SMILES string of the molecule is O=C(CCCCl)NCC1CCCC1. The topological polar surface area (TPSA) is 29.1 Å². The van der Waals surface area contributed by atoms with Crippen LogP contribution in [-0.4, -0.2) is 18.3 Å². The highest BCUT2D eigenvalue weighted by atomic mass is 35.5. The van der Waals surface area contributed by atoms with E-state index in [0.717, 1.165) is 18.9 Å². The lowest BCUT2D eigenvalue weighted by molar-refractivity contribution is -0.121. The molecule has 13 heavy (non-hydrogen) atoms. The summed E-state index contributed by atoms with van der Waals surface area (Å²) in [5.74, 6) is 1.48. The highest BCUT2D eigenvalue weighted by Crippen LogP contribution is 2.23. The lowest BCUT2D eigenvalue weighted by atomic mass is 10.1. The van der Waals surface area contributed by atoms with Crippen molar-refractivity contribution >= 4 is 17.5 Å². The lowest BCUT2D eigenvalue weighted by Crippen LogP contribution is -2.28. The molecule has 1 aliphatic rings. The Labute approximate surface area is 85.0 Å². The number of halogens is 1. The van der Waals surface area contributed by atoms with Crippen LogP contribution in [-0.2, 0) is 4.79 Å². The van der Waals surface area contributed by atoms with Crippen LogP contribution in [0.4, 0.5) is 0 Å². The van der Waals surface area contributed by atoms with Gasteiger partial charge >= 0.3 is 0 Å². The Morgan fingerprint density at radius 1 is 1.38 bits per heavy atom. The third-order valence-corrected chi connectivity index (χ3v) is 2.87. The molecule has 1 fully saturated rings. The molecule has 0 spiro atoms. The molecule has 76 valence electrons. The van der Waals surface area contributed by atoms with Gasteiger partial charge in [-0.3, -0.25) is 4.79 Å². The fourth-order valence-electron chi connectivity index (χ4n) is 1.79. The third kappa shape index (κ3) is 4.51. The molecule has 0 unspecified atom stereocenters. The highest BCUT2D eigenvalue weighted by molar-refractivity contribution is 6.17. The van der Waals surface area contributed by atoms with Crippen molar-refractivity contribution in [2.45, 2.75) is 38.5 Å². The molecular weight excluding hydrogens is 186 g/mol. The number of carbonyl (C=O) groups is 1. The molecule has 0 bridgehead atoms. The summed E-state index contributed by atoms with van der Waals surface area (Å²) < 4.78 is 0. The average molecular weight is 204 g/mol. The van der Waals surface area contributed by atoms with Crippen LogP contribution in [0.25, 0.3) is 0 Å². The molecule has 0 aromatic carbocycles. The van der Waals surface area contributed by atoms with E-state index in [1.165, 1.54) is 25.7 Å². The summed E-state index contributed by atoms with van der Waals surface area (Å²) in [6.07, 6.45) is 6.62. The van der Waals surface area contributed by atoms with Crippen LogP contribution in [0.3, 0.4) is 0 Å². The number of nitrogens with one attached hydrogen (secondary N) is 1. The maximum atomic E-state index is 11.2. The van der Waals surface area contributed by atoms with Crippen molar-refractivity contribution in [3.63, 3.8) is 0 Å². The van der Waals surface area contributed by atoms with Gasteiger partial charge in [0.1, 0.15) is 0 Å². The van der Waals surface area contributed by atoms with E-state index >= 15 is 0 Å². The second-order valence-electron chi connectivity index (χ2n) is 3.75. The van der Waals surface area contributed by atoms with Gasteiger partial charge in [-0.05, 0) is 25.2 Å². The quantitative estimate of drug-likeness (QED) is 0.683. The molecule has 1 rings (SSSR count). The maximum Gasteiger partial charge on any atom is 0.220 e. The van der Waals surface area contributed by atoms with Crippen LogP contribution < -0.4 is 5.32 Å². The first-order valence-corrected chi connectivity index (χ1v) is 5.69. The van der Waals surface area contributed by atoms with Crippen molar-refractivity contribution in [3.8, 4) is 0 Å². The number of rotatable bonds is 5. The Hall–Kier alpha value is -0.240. The van der Waals surface area contributed by atoms with Crippen LogP contribution in [0, 0.1) is 5.92 Å². The molecule has 0 aromatic heterocycles. The van der Waals surface area contributed by atoms with Crippen LogP contribution >= 0.6 is 11.6 Å². The molecular formula is C10H18ClNO. The number of hydrogen-bond acceptors (Lipinski definition) is 1. The third-order valence-electron chi connectivity index (χ3n) is 2.60. The van der Waals surface area contributed by atoms with Crippen molar-refractivity contribution in [1.29, 1.82) is 0 Å². The van der Waals surface area contributed by atoms with E-state index in [4.69, 9.17) is 11.6 Å². The Kier molecular flexibility index (Phi) is 5.21. The van der Waals surface area contributed by atoms with Crippen molar-refractivity contribution in [2.75, 3.05) is 12.4 Å². The van der Waals surface area contributed by atoms with Gasteiger partial charge in [0.25, 0.3) is 0 Å². The Bertz CT molecular complexity index is 155. The Balaban J connectivity index is 2.00. The number of hydrogen-bond donors (Lipinski definition) is 1. The summed E-state index contributed by atoms with van der Waals surface area (Å²) in [4.78, 5) is 11.2. The molecule has 1 saturated carbocycles. The Morgan fingerprint density at radius 2 is 2.08 bits per heavy atom. The second-order valence-corrected chi connectivity index (χ2v) is 4.13. The molecule has 0 heterocycles. The smallest absolute Gasteiger partial charge is 0.220 e. The standard InChI is InChI=1S/C10H18ClNO/c11-7-3-6-10(13)12-8-9-4-1-2-5-9/h9H,1-8H2,(H,12,13). The second kappa shape index (κ2) is 6.25. The summed E-state index contributed by atoms with van der Waals surface area (Å²) in [5, 5.41) is 2.96. The van der Waals surface area contributed by atoms with Gasteiger partial charge in [0.15, 0.2) is 0 Å². The first-order chi connectivity index (χ1) is 6.33. The van der Waals surface area contributed by atoms with E-state index in [-0.39, 0.29) is 5.91 Å². The average Bonchev–Trinajstić information content (AvgIpc) is 2.64. The molecule has 0 radical (unpaired) electrons. The minimum atomic E-state index is 0.160. The minimum absolute atomic E-state index is 0.160. The van der Waals surface area contributed by atoms with E-state index < -0.39 is 0 Å². The van der Waals surface area contributed by atoms with Crippen molar-refractivity contribution in [3.05, 3.63) is 0 Å². The van der Waals surface area contributed by atoms with E-state index in [1.807, 2.05) is 0 Å². The molecule has 1 aliphatic carbocycles. The molecule has 1 amide bonds. The summed E-state index contributed by atoms with van der Waals surface area (Å²) >= 11 is 5.49. The van der Waals surface area contributed by atoms with Gasteiger partial charge in [-0.2, -0.15) is 0 Å². The van der Waals surface area contributed by atoms with Crippen molar-refractivity contribution < 1.29 is 4.79 Å². The van der Waals surface area contributed by atoms with Gasteiger partial charge in [0, 0.05) is 18.8 Å². The first-order valence-electron chi connectivity index (χ1n) is 5.15. The number of amides is 1. The zero-order chi connectivity index (χ0) is 9.52. The van der Waals surface area contributed by atoms with Crippen LogP contribution in [0.15, 0.2) is 0 Å². The van der Waals surface area contributed by atoms with Crippen molar-refractivity contribution in [2.24, 2.45) is 5.92 Å². The normalized spacial score (nSPS) is 17.6. The van der Waals surface area contributed by atoms with Gasteiger partial charge in [-0.25, -0.2) is 0 Å². The lowest BCUT2D eigenvalue weighted by Gasteiger charge is -2.09. The number of carbonyl (C=O) groups excluding carboxylic acids is 1. The summed E-state index contributed by atoms with van der Waals surface area (Å²) in [6.45, 7) is 0.876. The predicted octanol–water partition coefficient (Wildman–Crippen LogP) is 2.31. The zero-order valence-corrected chi connectivity index (χ0v) is 8.78. The molecule has 3 heteroatoms. The highest BCUT2D eigenvalue weighted by Gasteiger charge is 2.15. The fourth-order valence-corrected chi connectivity index (χ4v) is 1.92. The van der Waals surface area contributed by atoms with Gasteiger partial charge in [-0.15, -0.1) is 11.6 Å². The fraction of sp³-hybridized carbons (Fsp3) is 0.900. The van der Waals surface area contributed by atoms with Gasteiger partial charge in [0.2, 0.25) is 5.91 Å². The van der Waals surface area contributed by atoms with E-state index in [0.29, 0.717) is 12.3 Å². The maximum absolute atomic E-state index is 11.2. The van der Waals surface area contributed by atoms with E-state index in [9.17, 15) is 4.79 Å². The van der Waals surface area contributed by atoms with Crippen LogP contribution in [0.1, 0.15) is 38.5 Å². The Morgan fingerprint density at radius 3 is 2.69 bits per heavy atom. The summed E-state index contributed by atoms with van der Waals surface area (Å²) in [6, 6.07) is 0. The molecule has 2 nitrogen and oxygen atoms in total. The van der Waals surface area contributed by atoms with Gasteiger partial charge < -0.3 is 5.32 Å². The van der Waals surface area contributed by atoms with Crippen LogP contribution in [0.5, 0.6) is 0 Å². The van der Waals surface area contributed by atoms with Crippen molar-refractivity contribution in [1.82, 2.24) is 5.32 Å². The number of alkyl halides is 1. The predicted molar refractivity (Wildman–Crippen MR) is 54.9 cm³/mol. The summed E-state index contributed by atoms with van der Waals surface area (Å²) in [5.41, 5.74) is 0. The molecule has 1 N–H and O–H groups in total. The molecule has 0 aliphatic heterocycles. The van der Waals surface area contributed by atoms with Gasteiger partial charge in [0.05, 0.1) is 0 Å². The van der Waals surface area contributed by atoms with E-state index in [1.54, 1.807) is 0 Å². The minimum Gasteiger partial charge on any atom is -0.356 e. The first kappa shape index (κ1) is 10.8. The van der Waals surface area contributed by atoms with Gasteiger partial charge in [-0.1, -0.05) is 12.8 Å². The zero-order valence-electron chi connectivity index (χ0n) is 8.02.